The lowest BCUT2D eigenvalue weighted by molar-refractivity contribution is -0.162. The lowest BCUT2D eigenvalue weighted by Crippen LogP contribution is -2.24. The summed E-state index contributed by atoms with van der Waals surface area (Å²) in [5, 5.41) is 14.3. The minimum atomic E-state index is -4.47. The van der Waals surface area contributed by atoms with Crippen molar-refractivity contribution in [1.82, 2.24) is 29.5 Å². The van der Waals surface area contributed by atoms with E-state index >= 15 is 0 Å². The van der Waals surface area contributed by atoms with Crippen LogP contribution in [0.15, 0.2) is 30.7 Å². The Balaban J connectivity index is 1.56. The number of hydrogen-bond donors (Lipinski definition) is 1. The lowest BCUT2D eigenvalue weighted by Gasteiger charge is -2.18. The van der Waals surface area contributed by atoms with Gasteiger partial charge in [-0.3, -0.25) is 9.48 Å². The van der Waals surface area contributed by atoms with Gasteiger partial charge >= 0.3 is 6.18 Å². The number of anilines is 1. The maximum absolute atomic E-state index is 13.1. The van der Waals surface area contributed by atoms with E-state index in [0.29, 0.717) is 12.5 Å². The molecule has 1 fully saturated rings. The van der Waals surface area contributed by atoms with E-state index < -0.39 is 18.1 Å². The third kappa shape index (κ3) is 4.52. The van der Waals surface area contributed by atoms with Crippen molar-refractivity contribution in [3.8, 4) is 17.4 Å². The third-order valence-corrected chi connectivity index (χ3v) is 4.99. The number of amides is 1. The van der Waals surface area contributed by atoms with Crippen molar-refractivity contribution in [2.45, 2.75) is 38.5 Å². The van der Waals surface area contributed by atoms with Crippen molar-refractivity contribution in [2.75, 3.05) is 12.4 Å². The first-order chi connectivity index (χ1) is 14.8. The van der Waals surface area contributed by atoms with Crippen LogP contribution in [0.2, 0.25) is 0 Å². The summed E-state index contributed by atoms with van der Waals surface area (Å²) in [7, 11) is 1.42. The number of halogens is 3. The molecule has 3 aromatic heterocycles. The number of methoxy groups -OCH3 is 1. The van der Waals surface area contributed by atoms with Crippen LogP contribution in [0, 0.1) is 5.92 Å². The Hall–Kier alpha value is -3.44. The van der Waals surface area contributed by atoms with E-state index in [4.69, 9.17) is 4.74 Å². The second-order valence-corrected chi connectivity index (χ2v) is 7.36. The molecule has 12 heteroatoms. The van der Waals surface area contributed by atoms with Gasteiger partial charge in [-0.15, -0.1) is 15.3 Å². The van der Waals surface area contributed by atoms with Crippen molar-refractivity contribution in [3.05, 3.63) is 36.3 Å². The summed E-state index contributed by atoms with van der Waals surface area (Å²) in [6.45, 7) is 1.72. The molecular formula is C19H20F3N7O2. The van der Waals surface area contributed by atoms with Crippen LogP contribution in [0.4, 0.5) is 19.0 Å². The van der Waals surface area contributed by atoms with Crippen LogP contribution in [0.5, 0.6) is 5.88 Å². The number of alkyl halides is 3. The van der Waals surface area contributed by atoms with E-state index in [1.54, 1.807) is 16.9 Å². The predicted octanol–water partition coefficient (Wildman–Crippen LogP) is 3.33. The molecule has 1 saturated carbocycles. The fourth-order valence-electron chi connectivity index (χ4n) is 3.05. The summed E-state index contributed by atoms with van der Waals surface area (Å²) in [6, 6.07) is 2.74. The molecule has 0 bridgehead atoms. The van der Waals surface area contributed by atoms with Crippen molar-refractivity contribution in [3.63, 3.8) is 0 Å². The van der Waals surface area contributed by atoms with Crippen LogP contribution < -0.4 is 10.1 Å². The molecule has 0 aliphatic heterocycles. The highest BCUT2D eigenvalue weighted by atomic mass is 19.4. The number of carbonyl (C=O) groups is 1. The summed E-state index contributed by atoms with van der Waals surface area (Å²) in [5.74, 6) is 0.349. The fraction of sp³-hybridized carbons (Fsp3) is 0.421. The fourth-order valence-corrected chi connectivity index (χ4v) is 3.05. The number of ether oxygens (including phenoxy) is 1. The molecule has 1 atom stereocenters. The highest BCUT2D eigenvalue weighted by molar-refractivity contribution is 6.05. The van der Waals surface area contributed by atoms with E-state index in [0.717, 1.165) is 30.7 Å². The molecule has 1 unspecified atom stereocenters. The Morgan fingerprint density at radius 3 is 2.81 bits per heavy atom. The number of nitrogens with one attached hydrogen (secondary N) is 1. The van der Waals surface area contributed by atoms with Crippen molar-refractivity contribution in [2.24, 2.45) is 5.92 Å². The minimum absolute atomic E-state index is 0.0595. The van der Waals surface area contributed by atoms with Gasteiger partial charge in [0.15, 0.2) is 5.82 Å². The molecule has 164 valence electrons. The van der Waals surface area contributed by atoms with Crippen LogP contribution in [0.1, 0.15) is 36.2 Å². The van der Waals surface area contributed by atoms with Crippen LogP contribution in [-0.2, 0) is 6.54 Å². The van der Waals surface area contributed by atoms with Gasteiger partial charge in [-0.2, -0.15) is 13.2 Å². The van der Waals surface area contributed by atoms with E-state index in [2.05, 4.69) is 25.6 Å². The molecule has 1 aliphatic carbocycles. The Kier molecular flexibility index (Phi) is 5.38. The second-order valence-electron chi connectivity index (χ2n) is 7.36. The van der Waals surface area contributed by atoms with Gasteiger partial charge in [0, 0.05) is 12.7 Å². The van der Waals surface area contributed by atoms with Gasteiger partial charge in [0.1, 0.15) is 29.4 Å². The van der Waals surface area contributed by atoms with Crippen molar-refractivity contribution in [1.29, 1.82) is 0 Å². The van der Waals surface area contributed by atoms with Crippen LogP contribution in [-0.4, -0.2) is 48.7 Å². The maximum atomic E-state index is 13.1. The monoisotopic (exact) mass is 435 g/mol. The predicted molar refractivity (Wildman–Crippen MR) is 103 cm³/mol. The average molecular weight is 435 g/mol. The Morgan fingerprint density at radius 2 is 2.13 bits per heavy atom. The lowest BCUT2D eigenvalue weighted by atomic mass is 10.2. The minimum Gasteiger partial charge on any atom is -0.479 e. The number of aromatic nitrogens is 6. The molecule has 4 rings (SSSR count). The first-order valence-electron chi connectivity index (χ1n) is 9.62. The Morgan fingerprint density at radius 1 is 1.35 bits per heavy atom. The van der Waals surface area contributed by atoms with E-state index in [-0.39, 0.29) is 28.8 Å². The van der Waals surface area contributed by atoms with Gasteiger partial charge < -0.3 is 14.6 Å². The topological polar surface area (TPSA) is 99.8 Å². The Bertz CT molecular complexity index is 1090. The molecule has 3 heterocycles. The molecule has 0 saturated heterocycles. The van der Waals surface area contributed by atoms with Crippen LogP contribution in [0.3, 0.4) is 0 Å². The van der Waals surface area contributed by atoms with Crippen LogP contribution >= 0.6 is 0 Å². The zero-order valence-electron chi connectivity index (χ0n) is 16.8. The first-order valence-corrected chi connectivity index (χ1v) is 9.62. The first kappa shape index (κ1) is 20.8. The SMILES string of the molecule is COc1nn(CC2CC2)cc1C(=O)Nc1cccc(-c2nncn2C(C)C(F)(F)F)n1. The molecular weight excluding hydrogens is 415 g/mol. The van der Waals surface area contributed by atoms with Gasteiger partial charge in [0.2, 0.25) is 5.88 Å². The number of carbonyl (C=O) groups excluding carboxylic acids is 1. The van der Waals surface area contributed by atoms with Gasteiger partial charge in [-0.05, 0) is 37.8 Å². The van der Waals surface area contributed by atoms with Crippen molar-refractivity contribution >= 4 is 11.7 Å². The number of pyridine rings is 1. The number of hydrogen-bond acceptors (Lipinski definition) is 6. The highest BCUT2D eigenvalue weighted by Gasteiger charge is 2.38. The highest BCUT2D eigenvalue weighted by Crippen LogP contribution is 2.33. The summed E-state index contributed by atoms with van der Waals surface area (Å²) in [4.78, 5) is 17.0. The zero-order valence-corrected chi connectivity index (χ0v) is 16.8. The van der Waals surface area contributed by atoms with Crippen molar-refractivity contribution < 1.29 is 22.7 Å². The smallest absolute Gasteiger partial charge is 0.408 e. The number of nitrogens with zero attached hydrogens (tertiary/aromatic N) is 6. The average Bonchev–Trinajstić information content (AvgIpc) is 3.25. The summed E-state index contributed by atoms with van der Waals surface area (Å²) in [6.07, 6.45) is 0.410. The number of rotatable bonds is 7. The molecule has 3 aromatic rings. The molecule has 9 nitrogen and oxygen atoms in total. The summed E-state index contributed by atoms with van der Waals surface area (Å²) < 4.78 is 47.2. The van der Waals surface area contributed by atoms with E-state index in [1.807, 2.05) is 0 Å². The third-order valence-electron chi connectivity index (χ3n) is 4.99. The summed E-state index contributed by atoms with van der Waals surface area (Å²) in [5.41, 5.74) is 0.381. The van der Waals surface area contributed by atoms with Gasteiger partial charge in [0.25, 0.3) is 5.91 Å². The molecule has 1 N–H and O–H groups in total. The standard InChI is InChI=1S/C19H20F3N7O2/c1-11(19(20,21)22)29-10-23-26-16(29)14-4-3-5-15(24-14)25-17(30)13-9-28(8-12-6-7-12)27-18(13)31-2/h3-5,9-12H,6-8H2,1-2H3,(H,24,25,30). The quantitative estimate of drug-likeness (QED) is 0.611. The van der Waals surface area contributed by atoms with Gasteiger partial charge in [-0.25, -0.2) is 4.98 Å². The zero-order chi connectivity index (χ0) is 22.2. The van der Waals surface area contributed by atoms with Crippen LogP contribution in [0.25, 0.3) is 11.5 Å². The normalized spacial score (nSPS) is 15.0. The largest absolute Gasteiger partial charge is 0.479 e. The van der Waals surface area contributed by atoms with Gasteiger partial charge in [0.05, 0.1) is 7.11 Å². The van der Waals surface area contributed by atoms with Gasteiger partial charge in [-0.1, -0.05) is 6.07 Å². The van der Waals surface area contributed by atoms with E-state index in [1.165, 1.54) is 19.2 Å². The molecule has 31 heavy (non-hydrogen) atoms. The molecule has 1 aliphatic rings. The maximum Gasteiger partial charge on any atom is 0.408 e. The Labute approximate surface area is 175 Å². The molecule has 0 aromatic carbocycles. The molecule has 1 amide bonds. The van der Waals surface area contributed by atoms with E-state index in [9.17, 15) is 18.0 Å². The molecule has 0 radical (unpaired) electrons. The summed E-state index contributed by atoms with van der Waals surface area (Å²) >= 11 is 0. The molecule has 0 spiro atoms. The second kappa shape index (κ2) is 8.00.